The Labute approximate surface area is 170 Å². The predicted octanol–water partition coefficient (Wildman–Crippen LogP) is 3.21. The Kier molecular flexibility index (Phi) is 6.40. The first kappa shape index (κ1) is 19.6. The molecule has 2 saturated heterocycles. The van der Waals surface area contributed by atoms with Gasteiger partial charge in [0.15, 0.2) is 5.96 Å². The van der Waals surface area contributed by atoms with Crippen LogP contribution in [0.3, 0.4) is 0 Å². The third-order valence-electron chi connectivity index (χ3n) is 6.70. The number of hydrogen-bond donors (Lipinski definition) is 2. The molecule has 0 amide bonds. The maximum atomic E-state index is 4.43. The first-order valence-electron chi connectivity index (χ1n) is 11.3. The van der Waals surface area contributed by atoms with Gasteiger partial charge in [-0.25, -0.2) is 0 Å². The van der Waals surface area contributed by atoms with Gasteiger partial charge in [-0.05, 0) is 62.1 Å². The van der Waals surface area contributed by atoms with Gasteiger partial charge >= 0.3 is 0 Å². The van der Waals surface area contributed by atoms with Crippen LogP contribution in [-0.4, -0.2) is 56.2 Å². The molecule has 3 aliphatic rings. The van der Waals surface area contributed by atoms with Crippen LogP contribution < -0.4 is 15.5 Å². The molecule has 2 heterocycles. The molecule has 1 aliphatic carbocycles. The molecule has 1 aromatic carbocycles. The number of piperidine rings is 2. The van der Waals surface area contributed by atoms with Gasteiger partial charge in [0.2, 0.25) is 0 Å². The molecule has 0 radical (unpaired) electrons. The van der Waals surface area contributed by atoms with Crippen molar-refractivity contribution in [2.75, 3.05) is 38.1 Å². The van der Waals surface area contributed by atoms with Crippen LogP contribution >= 0.6 is 0 Å². The number of likely N-dealkylation sites (tertiary alicyclic amines) is 1. The van der Waals surface area contributed by atoms with E-state index in [0.717, 1.165) is 24.5 Å². The van der Waals surface area contributed by atoms with Crippen LogP contribution in [0.1, 0.15) is 51.0 Å². The second-order valence-corrected chi connectivity index (χ2v) is 8.95. The minimum absolute atomic E-state index is 0.546. The molecule has 5 nitrogen and oxygen atoms in total. The molecule has 4 rings (SSSR count). The van der Waals surface area contributed by atoms with Gasteiger partial charge in [0.25, 0.3) is 0 Å². The van der Waals surface area contributed by atoms with Crippen molar-refractivity contribution in [1.82, 2.24) is 15.5 Å². The SMILES string of the molecule is CN=C(NCc1ccc(N2CCC(C)CC2)cc1)NC1CCN(C2CC2)CC1. The summed E-state index contributed by atoms with van der Waals surface area (Å²) >= 11 is 0. The van der Waals surface area contributed by atoms with Crippen molar-refractivity contribution in [2.45, 2.75) is 64.1 Å². The van der Waals surface area contributed by atoms with Gasteiger partial charge in [0, 0.05) is 57.5 Å². The fourth-order valence-corrected chi connectivity index (χ4v) is 4.51. The average molecular weight is 384 g/mol. The fourth-order valence-electron chi connectivity index (χ4n) is 4.51. The van der Waals surface area contributed by atoms with Gasteiger partial charge < -0.3 is 20.4 Å². The molecule has 0 unspecified atom stereocenters. The third kappa shape index (κ3) is 5.19. The van der Waals surface area contributed by atoms with Crippen LogP contribution in [0.25, 0.3) is 0 Å². The summed E-state index contributed by atoms with van der Waals surface area (Å²) in [4.78, 5) is 9.62. The maximum absolute atomic E-state index is 4.43. The highest BCUT2D eigenvalue weighted by Crippen LogP contribution is 2.29. The number of nitrogens with zero attached hydrogens (tertiary/aromatic N) is 3. The summed E-state index contributed by atoms with van der Waals surface area (Å²) in [6.07, 6.45) is 7.89. The Morgan fingerprint density at radius 2 is 1.64 bits per heavy atom. The van der Waals surface area contributed by atoms with Gasteiger partial charge in [-0.2, -0.15) is 0 Å². The maximum Gasteiger partial charge on any atom is 0.191 e. The Bertz CT molecular complexity index is 635. The van der Waals surface area contributed by atoms with Crippen LogP contribution in [0, 0.1) is 5.92 Å². The summed E-state index contributed by atoms with van der Waals surface area (Å²) in [6.45, 7) is 8.03. The molecule has 1 saturated carbocycles. The molecule has 0 spiro atoms. The molecule has 28 heavy (non-hydrogen) atoms. The summed E-state index contributed by atoms with van der Waals surface area (Å²) < 4.78 is 0. The molecule has 154 valence electrons. The zero-order valence-corrected chi connectivity index (χ0v) is 17.7. The van der Waals surface area contributed by atoms with Crippen molar-refractivity contribution in [3.8, 4) is 0 Å². The molecule has 3 fully saturated rings. The number of nitrogens with one attached hydrogen (secondary N) is 2. The van der Waals surface area contributed by atoms with E-state index in [9.17, 15) is 0 Å². The van der Waals surface area contributed by atoms with Gasteiger partial charge in [-0.3, -0.25) is 4.99 Å². The number of rotatable bonds is 5. The zero-order chi connectivity index (χ0) is 19.3. The largest absolute Gasteiger partial charge is 0.372 e. The Balaban J connectivity index is 1.21. The number of anilines is 1. The number of hydrogen-bond acceptors (Lipinski definition) is 3. The smallest absolute Gasteiger partial charge is 0.191 e. The predicted molar refractivity (Wildman–Crippen MR) is 118 cm³/mol. The van der Waals surface area contributed by atoms with E-state index in [0.29, 0.717) is 6.04 Å². The summed E-state index contributed by atoms with van der Waals surface area (Å²) in [5.41, 5.74) is 2.67. The molecule has 2 aliphatic heterocycles. The molecular weight excluding hydrogens is 346 g/mol. The van der Waals surface area contributed by atoms with Crippen molar-refractivity contribution in [2.24, 2.45) is 10.9 Å². The first-order chi connectivity index (χ1) is 13.7. The molecule has 1 aromatic rings. The van der Waals surface area contributed by atoms with Crippen LogP contribution in [0.5, 0.6) is 0 Å². The van der Waals surface area contributed by atoms with E-state index in [1.54, 1.807) is 0 Å². The van der Waals surface area contributed by atoms with Crippen molar-refractivity contribution < 1.29 is 0 Å². The van der Waals surface area contributed by atoms with Gasteiger partial charge in [0.05, 0.1) is 0 Å². The van der Waals surface area contributed by atoms with Gasteiger partial charge in [-0.1, -0.05) is 19.1 Å². The first-order valence-corrected chi connectivity index (χ1v) is 11.3. The molecular formula is C23H37N5. The molecule has 0 atom stereocenters. The molecule has 2 N–H and O–H groups in total. The normalized spacial score (nSPS) is 23.1. The topological polar surface area (TPSA) is 42.9 Å². The second kappa shape index (κ2) is 9.17. The Morgan fingerprint density at radius 1 is 0.964 bits per heavy atom. The van der Waals surface area contributed by atoms with Crippen molar-refractivity contribution >= 4 is 11.6 Å². The zero-order valence-electron chi connectivity index (χ0n) is 17.7. The number of aliphatic imine (C=N–C) groups is 1. The number of guanidine groups is 1. The lowest BCUT2D eigenvalue weighted by Gasteiger charge is -2.33. The fraction of sp³-hybridized carbons (Fsp3) is 0.696. The minimum atomic E-state index is 0.546. The summed E-state index contributed by atoms with van der Waals surface area (Å²) in [5.74, 6) is 1.80. The molecule has 0 aromatic heterocycles. The van der Waals surface area contributed by atoms with Crippen molar-refractivity contribution in [3.05, 3.63) is 29.8 Å². The Hall–Kier alpha value is -1.75. The summed E-state index contributed by atoms with van der Waals surface area (Å²) in [6, 6.07) is 10.5. The lowest BCUT2D eigenvalue weighted by molar-refractivity contribution is 0.197. The van der Waals surface area contributed by atoms with Gasteiger partial charge in [-0.15, -0.1) is 0 Å². The lowest BCUT2D eigenvalue weighted by atomic mass is 9.99. The highest BCUT2D eigenvalue weighted by molar-refractivity contribution is 5.80. The van der Waals surface area contributed by atoms with Crippen molar-refractivity contribution in [3.63, 3.8) is 0 Å². The average Bonchev–Trinajstić information content (AvgIpc) is 3.58. The second-order valence-electron chi connectivity index (χ2n) is 8.95. The molecule has 0 bridgehead atoms. The van der Waals surface area contributed by atoms with Crippen LogP contribution in [0.4, 0.5) is 5.69 Å². The summed E-state index contributed by atoms with van der Waals surface area (Å²) in [5, 5.41) is 7.12. The van der Waals surface area contributed by atoms with E-state index < -0.39 is 0 Å². The standard InChI is InChI=1S/C23H37N5/c1-18-9-13-27(14-10-18)21-5-3-19(4-6-21)17-25-23(24-2)26-20-11-15-28(16-12-20)22-7-8-22/h3-6,18,20,22H,7-17H2,1-2H3,(H2,24,25,26). The van der Waals surface area contributed by atoms with E-state index >= 15 is 0 Å². The third-order valence-corrected chi connectivity index (χ3v) is 6.70. The van der Waals surface area contributed by atoms with E-state index in [2.05, 4.69) is 56.6 Å². The highest BCUT2D eigenvalue weighted by Gasteiger charge is 2.31. The van der Waals surface area contributed by atoms with Crippen LogP contribution in [0.2, 0.25) is 0 Å². The van der Waals surface area contributed by atoms with E-state index in [4.69, 9.17) is 0 Å². The van der Waals surface area contributed by atoms with E-state index in [-0.39, 0.29) is 0 Å². The summed E-state index contributed by atoms with van der Waals surface area (Å²) in [7, 11) is 1.87. The lowest BCUT2D eigenvalue weighted by Crippen LogP contribution is -2.48. The molecule has 5 heteroatoms. The van der Waals surface area contributed by atoms with E-state index in [1.807, 2.05) is 7.05 Å². The highest BCUT2D eigenvalue weighted by atomic mass is 15.2. The number of benzene rings is 1. The van der Waals surface area contributed by atoms with Crippen LogP contribution in [0.15, 0.2) is 29.3 Å². The Morgan fingerprint density at radius 3 is 2.25 bits per heavy atom. The quantitative estimate of drug-likeness (QED) is 0.605. The van der Waals surface area contributed by atoms with Gasteiger partial charge in [0.1, 0.15) is 0 Å². The van der Waals surface area contributed by atoms with E-state index in [1.165, 1.54) is 76.0 Å². The minimum Gasteiger partial charge on any atom is -0.372 e. The van der Waals surface area contributed by atoms with Crippen LogP contribution in [-0.2, 0) is 6.54 Å². The monoisotopic (exact) mass is 383 g/mol. The van der Waals surface area contributed by atoms with Crippen molar-refractivity contribution in [1.29, 1.82) is 0 Å².